The monoisotopic (exact) mass is 437 g/mol. The van der Waals surface area contributed by atoms with Crippen LogP contribution in [0, 0.1) is 12.8 Å². The summed E-state index contributed by atoms with van der Waals surface area (Å²) in [5, 5.41) is 12.5. The average Bonchev–Trinajstić information content (AvgIpc) is 3.45. The van der Waals surface area contributed by atoms with E-state index in [2.05, 4.69) is 48.5 Å². The van der Waals surface area contributed by atoms with Gasteiger partial charge in [-0.2, -0.15) is 5.10 Å². The van der Waals surface area contributed by atoms with Crippen LogP contribution in [0.3, 0.4) is 0 Å². The van der Waals surface area contributed by atoms with Gasteiger partial charge in [0.05, 0.1) is 17.6 Å². The fourth-order valence-corrected chi connectivity index (χ4v) is 4.19. The van der Waals surface area contributed by atoms with Crippen molar-refractivity contribution in [1.82, 2.24) is 19.9 Å². The second kappa shape index (κ2) is 9.30. The van der Waals surface area contributed by atoms with Crippen molar-refractivity contribution in [1.29, 1.82) is 0 Å². The third kappa shape index (κ3) is 5.03. The maximum absolute atomic E-state index is 12.5. The van der Waals surface area contributed by atoms with E-state index in [-0.39, 0.29) is 5.91 Å². The molecule has 0 saturated heterocycles. The fraction of sp³-hybridized carbons (Fsp3) is 0.458. The lowest BCUT2D eigenvalue weighted by Crippen LogP contribution is -2.26. The number of anilines is 1. The Kier molecular flexibility index (Phi) is 6.51. The first-order chi connectivity index (χ1) is 15.0. The highest BCUT2D eigenvalue weighted by atomic mass is 32.2. The molecule has 164 valence electrons. The number of fused-ring (bicyclic) bond motifs is 1. The number of amides is 1. The van der Waals surface area contributed by atoms with E-state index in [1.165, 1.54) is 0 Å². The van der Waals surface area contributed by atoms with E-state index in [1.807, 2.05) is 29.8 Å². The molecule has 4 rings (SSSR count). The predicted octanol–water partition coefficient (Wildman–Crippen LogP) is 5.17. The standard InChI is InChI=1S/C24H31N5OS/c1-5-10-31-22-12-20(25-13-15(2)3)23-26-14-21(29(23)28-22)17-6-9-19(16(4)11-17)24(30)27-18-7-8-18/h6,9,11-12,14-15,18,25H,5,7-8,10,13H2,1-4H3,(H,27,30). The highest BCUT2D eigenvalue weighted by Gasteiger charge is 2.24. The SMILES string of the molecule is CCCSc1cc(NCC(C)C)c2ncc(-c3ccc(C(=O)NC4CC4)c(C)c3)n2n1. The van der Waals surface area contributed by atoms with Crippen molar-refractivity contribution < 1.29 is 4.79 Å². The van der Waals surface area contributed by atoms with E-state index < -0.39 is 0 Å². The van der Waals surface area contributed by atoms with Gasteiger partial charge in [0.25, 0.3) is 5.91 Å². The first-order valence-electron chi connectivity index (χ1n) is 11.1. The molecule has 6 nitrogen and oxygen atoms in total. The van der Waals surface area contributed by atoms with E-state index in [0.717, 1.165) is 70.3 Å². The Morgan fingerprint density at radius 2 is 2.10 bits per heavy atom. The van der Waals surface area contributed by atoms with E-state index in [4.69, 9.17) is 5.10 Å². The zero-order valence-corrected chi connectivity index (χ0v) is 19.6. The van der Waals surface area contributed by atoms with Crippen molar-refractivity contribution in [2.75, 3.05) is 17.6 Å². The van der Waals surface area contributed by atoms with Crippen LogP contribution in [0.2, 0.25) is 0 Å². The molecule has 0 radical (unpaired) electrons. The number of nitrogens with one attached hydrogen (secondary N) is 2. The summed E-state index contributed by atoms with van der Waals surface area (Å²) in [4.78, 5) is 17.2. The fourth-order valence-electron chi connectivity index (χ4n) is 3.43. The molecule has 31 heavy (non-hydrogen) atoms. The maximum atomic E-state index is 12.5. The molecule has 1 aliphatic rings. The lowest BCUT2D eigenvalue weighted by atomic mass is 10.0. The molecule has 2 aromatic heterocycles. The minimum Gasteiger partial charge on any atom is -0.382 e. The summed E-state index contributed by atoms with van der Waals surface area (Å²) >= 11 is 1.76. The molecular formula is C24H31N5OS. The number of aryl methyl sites for hydroxylation is 1. The Labute approximate surface area is 188 Å². The molecule has 0 atom stereocenters. The topological polar surface area (TPSA) is 71.3 Å². The van der Waals surface area contributed by atoms with Crippen LogP contribution in [0.4, 0.5) is 5.69 Å². The number of carbonyl (C=O) groups excluding carboxylic acids is 1. The third-order valence-electron chi connectivity index (χ3n) is 5.28. The Bertz CT molecular complexity index is 1090. The molecule has 1 saturated carbocycles. The highest BCUT2D eigenvalue weighted by molar-refractivity contribution is 7.99. The molecule has 2 heterocycles. The number of carbonyl (C=O) groups is 1. The van der Waals surface area contributed by atoms with Gasteiger partial charge in [-0.15, -0.1) is 11.8 Å². The predicted molar refractivity (Wildman–Crippen MR) is 128 cm³/mol. The molecule has 1 amide bonds. The van der Waals surface area contributed by atoms with Crippen molar-refractivity contribution in [2.24, 2.45) is 5.92 Å². The van der Waals surface area contributed by atoms with Gasteiger partial charge >= 0.3 is 0 Å². The van der Waals surface area contributed by atoms with Crippen LogP contribution in [0.15, 0.2) is 35.5 Å². The molecule has 0 bridgehead atoms. The number of aromatic nitrogens is 3. The molecule has 2 N–H and O–H groups in total. The lowest BCUT2D eigenvalue weighted by molar-refractivity contribution is 0.0950. The summed E-state index contributed by atoms with van der Waals surface area (Å²) < 4.78 is 1.93. The molecule has 0 unspecified atom stereocenters. The van der Waals surface area contributed by atoms with E-state index >= 15 is 0 Å². The Balaban J connectivity index is 1.70. The van der Waals surface area contributed by atoms with Gasteiger partial charge in [-0.3, -0.25) is 4.79 Å². The van der Waals surface area contributed by atoms with E-state index in [0.29, 0.717) is 12.0 Å². The number of thioether (sulfide) groups is 1. The Hall–Kier alpha value is -2.54. The van der Waals surface area contributed by atoms with Crippen LogP contribution in [0.1, 0.15) is 56.0 Å². The number of hydrogen-bond acceptors (Lipinski definition) is 5. The van der Waals surface area contributed by atoms with Crippen molar-refractivity contribution in [2.45, 2.75) is 58.0 Å². The minimum absolute atomic E-state index is 0.0150. The molecule has 3 aromatic rings. The summed E-state index contributed by atoms with van der Waals surface area (Å²) in [6, 6.07) is 8.42. The third-order valence-corrected chi connectivity index (χ3v) is 6.39. The number of hydrogen-bond donors (Lipinski definition) is 2. The lowest BCUT2D eigenvalue weighted by Gasteiger charge is -2.13. The van der Waals surface area contributed by atoms with Gasteiger partial charge in [0.15, 0.2) is 5.65 Å². The second-order valence-electron chi connectivity index (χ2n) is 8.68. The van der Waals surface area contributed by atoms with Crippen molar-refractivity contribution in [3.05, 3.63) is 41.6 Å². The van der Waals surface area contributed by atoms with Crippen LogP contribution in [0.5, 0.6) is 0 Å². The molecule has 0 spiro atoms. The second-order valence-corrected chi connectivity index (χ2v) is 9.79. The van der Waals surface area contributed by atoms with E-state index in [9.17, 15) is 4.79 Å². The van der Waals surface area contributed by atoms with Crippen molar-refractivity contribution in [3.63, 3.8) is 0 Å². The maximum Gasteiger partial charge on any atom is 0.251 e. The molecular weight excluding hydrogens is 406 g/mol. The number of rotatable bonds is 9. The Morgan fingerprint density at radius 1 is 1.29 bits per heavy atom. The van der Waals surface area contributed by atoms with Gasteiger partial charge < -0.3 is 10.6 Å². The first kappa shape index (κ1) is 21.7. The summed E-state index contributed by atoms with van der Waals surface area (Å²) in [5.41, 5.74) is 5.46. The summed E-state index contributed by atoms with van der Waals surface area (Å²) in [7, 11) is 0. The summed E-state index contributed by atoms with van der Waals surface area (Å²) in [6.07, 6.45) is 5.14. The minimum atomic E-state index is 0.0150. The number of benzene rings is 1. The van der Waals surface area contributed by atoms with Crippen LogP contribution >= 0.6 is 11.8 Å². The van der Waals surface area contributed by atoms with E-state index in [1.54, 1.807) is 11.8 Å². The van der Waals surface area contributed by atoms with Crippen molar-refractivity contribution in [3.8, 4) is 11.3 Å². The van der Waals surface area contributed by atoms with Gasteiger partial charge in [0.2, 0.25) is 0 Å². The van der Waals surface area contributed by atoms with Gasteiger partial charge in [-0.1, -0.05) is 26.8 Å². The smallest absolute Gasteiger partial charge is 0.251 e. The zero-order valence-electron chi connectivity index (χ0n) is 18.7. The summed E-state index contributed by atoms with van der Waals surface area (Å²) in [5.74, 6) is 1.57. The van der Waals surface area contributed by atoms with Gasteiger partial charge in [-0.25, -0.2) is 9.50 Å². The van der Waals surface area contributed by atoms with Gasteiger partial charge in [0, 0.05) is 23.7 Å². The normalized spacial score (nSPS) is 13.7. The molecule has 0 aliphatic heterocycles. The molecule has 1 aliphatic carbocycles. The molecule has 7 heteroatoms. The highest BCUT2D eigenvalue weighted by Crippen LogP contribution is 2.29. The number of imidazole rings is 1. The largest absolute Gasteiger partial charge is 0.382 e. The van der Waals surface area contributed by atoms with Gasteiger partial charge in [-0.05, 0) is 61.6 Å². The van der Waals surface area contributed by atoms with Crippen LogP contribution < -0.4 is 10.6 Å². The quantitative estimate of drug-likeness (QED) is 0.452. The summed E-state index contributed by atoms with van der Waals surface area (Å²) in [6.45, 7) is 9.43. The van der Waals surface area contributed by atoms with Gasteiger partial charge in [0.1, 0.15) is 5.03 Å². The Morgan fingerprint density at radius 3 is 2.77 bits per heavy atom. The molecule has 1 fully saturated rings. The zero-order chi connectivity index (χ0) is 22.0. The molecule has 1 aromatic carbocycles. The first-order valence-corrected chi connectivity index (χ1v) is 12.1. The van der Waals surface area contributed by atoms with Crippen LogP contribution in [-0.4, -0.2) is 38.8 Å². The van der Waals surface area contributed by atoms with Crippen LogP contribution in [-0.2, 0) is 0 Å². The van der Waals surface area contributed by atoms with Crippen LogP contribution in [0.25, 0.3) is 16.9 Å². The average molecular weight is 438 g/mol. The number of nitrogens with zero attached hydrogens (tertiary/aromatic N) is 3. The van der Waals surface area contributed by atoms with Crippen molar-refractivity contribution >= 4 is 29.0 Å².